The van der Waals surface area contributed by atoms with E-state index in [1.165, 1.54) is 18.2 Å². The Morgan fingerprint density at radius 2 is 2.40 bits per heavy atom. The third-order valence-electron chi connectivity index (χ3n) is 3.69. The van der Waals surface area contributed by atoms with Gasteiger partial charge in [0.1, 0.15) is 0 Å². The molecule has 1 fully saturated rings. The van der Waals surface area contributed by atoms with Crippen LogP contribution in [0.15, 0.2) is 23.4 Å². The number of benzene rings is 1. The predicted molar refractivity (Wildman–Crippen MR) is 88.2 cm³/mol. The molecule has 2 atom stereocenters. The molecule has 0 saturated heterocycles. The molecule has 20 heavy (non-hydrogen) atoms. The molecule has 6 heteroatoms. The minimum Gasteiger partial charge on any atom is -0.481 e. The first-order valence-corrected chi connectivity index (χ1v) is 8.68. The van der Waals surface area contributed by atoms with E-state index in [2.05, 4.69) is 57.3 Å². The molecular weight excluding hydrogens is 387 g/mol. The van der Waals surface area contributed by atoms with Gasteiger partial charge in [0.2, 0.25) is 0 Å². The summed E-state index contributed by atoms with van der Waals surface area (Å²) >= 11 is 3.59. The lowest BCUT2D eigenvalue weighted by Crippen LogP contribution is -2.03. The first-order valence-electron chi connectivity index (χ1n) is 6.62. The molecule has 1 aliphatic carbocycles. The second-order valence-corrected chi connectivity index (χ2v) is 7.24. The van der Waals surface area contributed by atoms with Gasteiger partial charge in [-0.15, -0.1) is 0 Å². The molecule has 0 amide bonds. The van der Waals surface area contributed by atoms with Gasteiger partial charge in [-0.3, -0.25) is 4.79 Å². The predicted octanol–water partition coefficient (Wildman–Crippen LogP) is 3.79. The Kier molecular flexibility index (Phi) is 3.94. The van der Waals surface area contributed by atoms with Crippen molar-refractivity contribution in [2.45, 2.75) is 31.0 Å². The molecule has 2 unspecified atom stereocenters. The number of thioether (sulfide) groups is 1. The molecule has 1 saturated carbocycles. The average Bonchev–Trinajstić information content (AvgIpc) is 3.09. The Morgan fingerprint density at radius 1 is 1.60 bits per heavy atom. The lowest BCUT2D eigenvalue weighted by molar-refractivity contribution is -0.133. The second kappa shape index (κ2) is 5.55. The number of carboxylic acids is 1. The highest BCUT2D eigenvalue weighted by Gasteiger charge is 2.39. The van der Waals surface area contributed by atoms with Crippen LogP contribution in [0.4, 0.5) is 0 Å². The van der Waals surface area contributed by atoms with Crippen LogP contribution in [0.25, 0.3) is 11.0 Å². The zero-order valence-electron chi connectivity index (χ0n) is 11.0. The Balaban J connectivity index is 2.02. The van der Waals surface area contributed by atoms with Crippen LogP contribution in [0.1, 0.15) is 25.8 Å². The number of nitrogens with zero attached hydrogens (tertiary/aromatic N) is 2. The van der Waals surface area contributed by atoms with Crippen molar-refractivity contribution in [2.75, 3.05) is 5.75 Å². The molecule has 1 aliphatic rings. The van der Waals surface area contributed by atoms with Crippen LogP contribution in [0.5, 0.6) is 0 Å². The zero-order valence-corrected chi connectivity index (χ0v) is 14.0. The van der Waals surface area contributed by atoms with Crippen LogP contribution >= 0.6 is 34.4 Å². The smallest absolute Gasteiger partial charge is 0.313 e. The van der Waals surface area contributed by atoms with E-state index in [1.807, 2.05) is 0 Å². The van der Waals surface area contributed by atoms with E-state index >= 15 is 0 Å². The molecule has 106 valence electrons. The van der Waals surface area contributed by atoms with Gasteiger partial charge in [-0.2, -0.15) is 0 Å². The van der Waals surface area contributed by atoms with Gasteiger partial charge < -0.3 is 9.67 Å². The summed E-state index contributed by atoms with van der Waals surface area (Å²) in [5.74, 6) is -0.0360. The standard InChI is InChI=1S/C14H15IN2O2S/c1-2-8-5-12(8)17-11-4-3-9(15)6-10(11)16-14(17)20-7-13(18)19/h3-4,6,8,12H,2,5,7H2,1H3,(H,18,19). The fourth-order valence-corrected chi connectivity index (χ4v) is 3.85. The topological polar surface area (TPSA) is 55.1 Å². The first-order chi connectivity index (χ1) is 9.60. The summed E-state index contributed by atoms with van der Waals surface area (Å²) < 4.78 is 3.39. The molecule has 1 heterocycles. The van der Waals surface area contributed by atoms with Crippen LogP contribution in [0.3, 0.4) is 0 Å². The van der Waals surface area contributed by atoms with E-state index in [1.54, 1.807) is 0 Å². The highest BCUT2D eigenvalue weighted by molar-refractivity contribution is 14.1. The lowest BCUT2D eigenvalue weighted by atomic mass is 10.3. The number of halogens is 1. The lowest BCUT2D eigenvalue weighted by Gasteiger charge is -2.07. The fraction of sp³-hybridized carbons (Fsp3) is 0.429. The normalized spacial score (nSPS) is 21.3. The molecule has 0 spiro atoms. The highest BCUT2D eigenvalue weighted by Crippen LogP contribution is 2.48. The maximum Gasteiger partial charge on any atom is 0.313 e. The van der Waals surface area contributed by atoms with E-state index in [0.717, 1.165) is 26.2 Å². The van der Waals surface area contributed by atoms with Gasteiger partial charge in [0.25, 0.3) is 0 Å². The minimum absolute atomic E-state index is 0.0595. The Morgan fingerprint density at radius 3 is 3.05 bits per heavy atom. The van der Waals surface area contributed by atoms with Gasteiger partial charge in [-0.25, -0.2) is 4.98 Å². The SMILES string of the molecule is CCC1CC1n1c(SCC(=O)O)nc2cc(I)ccc21. The molecule has 1 aromatic heterocycles. The largest absolute Gasteiger partial charge is 0.481 e. The van der Waals surface area contributed by atoms with Gasteiger partial charge in [-0.05, 0) is 53.1 Å². The number of carbonyl (C=O) groups is 1. The van der Waals surface area contributed by atoms with Gasteiger partial charge in [0.05, 0.1) is 16.8 Å². The maximum absolute atomic E-state index is 10.8. The Labute approximate surface area is 135 Å². The number of hydrogen-bond acceptors (Lipinski definition) is 3. The number of rotatable bonds is 5. The van der Waals surface area contributed by atoms with E-state index in [4.69, 9.17) is 5.11 Å². The number of imidazole rings is 1. The van der Waals surface area contributed by atoms with Gasteiger partial charge in [0, 0.05) is 9.61 Å². The number of carboxylic acid groups (broad SMARTS) is 1. The Bertz CT molecular complexity index is 670. The summed E-state index contributed by atoms with van der Waals surface area (Å²) in [7, 11) is 0. The maximum atomic E-state index is 10.8. The fourth-order valence-electron chi connectivity index (χ4n) is 2.58. The first kappa shape index (κ1) is 14.2. The van der Waals surface area contributed by atoms with Crippen molar-refractivity contribution in [1.82, 2.24) is 9.55 Å². The number of fused-ring (bicyclic) bond motifs is 1. The van der Waals surface area contributed by atoms with E-state index < -0.39 is 5.97 Å². The summed E-state index contributed by atoms with van der Waals surface area (Å²) in [6, 6.07) is 6.72. The van der Waals surface area contributed by atoms with Crippen molar-refractivity contribution < 1.29 is 9.90 Å². The van der Waals surface area contributed by atoms with Crippen molar-refractivity contribution in [1.29, 1.82) is 0 Å². The second-order valence-electron chi connectivity index (χ2n) is 5.05. The van der Waals surface area contributed by atoms with E-state index in [0.29, 0.717) is 12.0 Å². The minimum atomic E-state index is -0.800. The zero-order chi connectivity index (χ0) is 14.3. The molecule has 0 bridgehead atoms. The molecule has 2 aromatic rings. The summed E-state index contributed by atoms with van der Waals surface area (Å²) in [5.41, 5.74) is 2.09. The number of aromatic nitrogens is 2. The summed E-state index contributed by atoms with van der Waals surface area (Å²) in [4.78, 5) is 15.4. The van der Waals surface area contributed by atoms with E-state index in [9.17, 15) is 4.79 Å². The third-order valence-corrected chi connectivity index (χ3v) is 5.29. The highest BCUT2D eigenvalue weighted by atomic mass is 127. The molecular formula is C14H15IN2O2S. The van der Waals surface area contributed by atoms with Crippen molar-refractivity contribution in [2.24, 2.45) is 5.92 Å². The van der Waals surface area contributed by atoms with Crippen molar-refractivity contribution in [3.05, 3.63) is 21.8 Å². The summed E-state index contributed by atoms with van der Waals surface area (Å²) in [6.07, 6.45) is 2.34. The summed E-state index contributed by atoms with van der Waals surface area (Å²) in [5, 5.41) is 9.72. The molecule has 1 N–H and O–H groups in total. The van der Waals surface area contributed by atoms with Crippen LogP contribution in [0.2, 0.25) is 0 Å². The molecule has 0 radical (unpaired) electrons. The van der Waals surface area contributed by atoms with E-state index in [-0.39, 0.29) is 5.75 Å². The van der Waals surface area contributed by atoms with Crippen LogP contribution < -0.4 is 0 Å². The molecule has 3 rings (SSSR count). The molecule has 1 aromatic carbocycles. The molecule has 4 nitrogen and oxygen atoms in total. The summed E-state index contributed by atoms with van der Waals surface area (Å²) in [6.45, 7) is 2.21. The monoisotopic (exact) mass is 402 g/mol. The van der Waals surface area contributed by atoms with Crippen molar-refractivity contribution in [3.63, 3.8) is 0 Å². The third kappa shape index (κ3) is 2.67. The van der Waals surface area contributed by atoms with Crippen molar-refractivity contribution >= 4 is 51.4 Å². The van der Waals surface area contributed by atoms with Crippen molar-refractivity contribution in [3.8, 4) is 0 Å². The van der Waals surface area contributed by atoms with Crippen LogP contribution in [-0.4, -0.2) is 26.4 Å². The Hall–Kier alpha value is -0.760. The van der Waals surface area contributed by atoms with Crippen LogP contribution in [-0.2, 0) is 4.79 Å². The van der Waals surface area contributed by atoms with Crippen LogP contribution in [0, 0.1) is 9.49 Å². The average molecular weight is 402 g/mol. The quantitative estimate of drug-likeness (QED) is 0.611. The van der Waals surface area contributed by atoms with Gasteiger partial charge >= 0.3 is 5.97 Å². The van der Waals surface area contributed by atoms with Gasteiger partial charge in [0.15, 0.2) is 5.16 Å². The van der Waals surface area contributed by atoms with Gasteiger partial charge in [-0.1, -0.05) is 25.1 Å². The molecule has 0 aliphatic heterocycles. The number of hydrogen-bond donors (Lipinski definition) is 1. The number of aliphatic carboxylic acids is 1.